The maximum absolute atomic E-state index is 13.8. The lowest BCUT2D eigenvalue weighted by Gasteiger charge is -2.31. The van der Waals surface area contributed by atoms with Crippen molar-refractivity contribution in [1.29, 1.82) is 0 Å². The van der Waals surface area contributed by atoms with E-state index in [0.29, 0.717) is 19.8 Å². The van der Waals surface area contributed by atoms with E-state index in [1.807, 2.05) is 24.3 Å². The monoisotopic (exact) mass is 472 g/mol. The van der Waals surface area contributed by atoms with Crippen molar-refractivity contribution in [2.45, 2.75) is 11.4 Å². The summed E-state index contributed by atoms with van der Waals surface area (Å²) in [4.78, 5) is 19.3. The molecule has 4 rings (SSSR count). The SMILES string of the molecule is CN(Cc1ccccc1N1CCOCC1)C(=O)c1cc(S(=O)(=O)Nc2ccccc2F)c[nH]1. The second-order valence-corrected chi connectivity index (χ2v) is 9.41. The van der Waals surface area contributed by atoms with Gasteiger partial charge in [0.05, 0.1) is 18.9 Å². The van der Waals surface area contributed by atoms with Crippen LogP contribution in [0.25, 0.3) is 0 Å². The lowest BCUT2D eigenvalue weighted by atomic mass is 10.1. The van der Waals surface area contributed by atoms with Gasteiger partial charge in [-0.3, -0.25) is 9.52 Å². The Morgan fingerprint density at radius 2 is 1.85 bits per heavy atom. The zero-order valence-electron chi connectivity index (χ0n) is 18.1. The van der Waals surface area contributed by atoms with Crippen LogP contribution in [0.3, 0.4) is 0 Å². The summed E-state index contributed by atoms with van der Waals surface area (Å²) in [5, 5.41) is 0. The normalized spacial score (nSPS) is 14.2. The number of aromatic amines is 1. The van der Waals surface area contributed by atoms with Gasteiger partial charge in [-0.05, 0) is 29.8 Å². The van der Waals surface area contributed by atoms with Crippen LogP contribution in [0.2, 0.25) is 0 Å². The molecule has 0 unspecified atom stereocenters. The molecule has 1 aliphatic rings. The number of carbonyl (C=O) groups excluding carboxylic acids is 1. The van der Waals surface area contributed by atoms with Gasteiger partial charge in [0.25, 0.3) is 15.9 Å². The molecule has 1 amide bonds. The maximum atomic E-state index is 13.8. The van der Waals surface area contributed by atoms with Crippen LogP contribution in [0.15, 0.2) is 65.7 Å². The van der Waals surface area contributed by atoms with Crippen LogP contribution >= 0.6 is 0 Å². The van der Waals surface area contributed by atoms with Crippen molar-refractivity contribution in [3.63, 3.8) is 0 Å². The van der Waals surface area contributed by atoms with E-state index in [1.165, 1.54) is 35.4 Å². The number of sulfonamides is 1. The molecule has 3 aromatic rings. The molecule has 1 fully saturated rings. The minimum Gasteiger partial charge on any atom is -0.378 e. The zero-order chi connectivity index (χ0) is 23.4. The van der Waals surface area contributed by atoms with E-state index >= 15 is 0 Å². The van der Waals surface area contributed by atoms with Crippen molar-refractivity contribution in [1.82, 2.24) is 9.88 Å². The number of hydrogen-bond acceptors (Lipinski definition) is 5. The van der Waals surface area contributed by atoms with Gasteiger partial charge in [0, 0.05) is 38.6 Å². The lowest BCUT2D eigenvalue weighted by molar-refractivity contribution is 0.0779. The number of halogens is 1. The van der Waals surface area contributed by atoms with Gasteiger partial charge in [0.1, 0.15) is 16.4 Å². The quantitative estimate of drug-likeness (QED) is 0.551. The molecule has 1 aromatic heterocycles. The Kier molecular flexibility index (Phi) is 6.66. The first-order valence-electron chi connectivity index (χ1n) is 10.5. The van der Waals surface area contributed by atoms with Crippen LogP contribution in [0.1, 0.15) is 16.1 Å². The number of nitrogens with one attached hydrogen (secondary N) is 2. The number of rotatable bonds is 7. The minimum atomic E-state index is -4.06. The zero-order valence-corrected chi connectivity index (χ0v) is 18.9. The molecule has 2 aromatic carbocycles. The Balaban J connectivity index is 1.48. The smallest absolute Gasteiger partial charge is 0.270 e. The van der Waals surface area contributed by atoms with E-state index in [2.05, 4.69) is 14.6 Å². The Bertz CT molecular complexity index is 1240. The summed E-state index contributed by atoms with van der Waals surface area (Å²) in [5.74, 6) is -1.05. The summed E-state index contributed by atoms with van der Waals surface area (Å²) in [6, 6.07) is 14.6. The fraction of sp³-hybridized carbons (Fsp3) is 0.261. The van der Waals surface area contributed by atoms with Crippen LogP contribution < -0.4 is 9.62 Å². The Morgan fingerprint density at radius 3 is 2.61 bits per heavy atom. The number of amides is 1. The first-order valence-corrected chi connectivity index (χ1v) is 12.0. The number of hydrogen-bond donors (Lipinski definition) is 2. The van der Waals surface area contributed by atoms with Gasteiger partial charge >= 0.3 is 0 Å². The van der Waals surface area contributed by atoms with Crippen LogP contribution in [-0.4, -0.2) is 57.6 Å². The molecule has 0 radical (unpaired) electrons. The summed E-state index contributed by atoms with van der Waals surface area (Å²) in [6.07, 6.45) is 1.21. The number of aromatic nitrogens is 1. The Labute approximate surface area is 192 Å². The van der Waals surface area contributed by atoms with Crippen LogP contribution in [-0.2, 0) is 21.3 Å². The number of morpholine rings is 1. The van der Waals surface area contributed by atoms with Crippen molar-refractivity contribution in [3.8, 4) is 0 Å². The van der Waals surface area contributed by atoms with Crippen molar-refractivity contribution in [3.05, 3.63) is 77.9 Å². The lowest BCUT2D eigenvalue weighted by Crippen LogP contribution is -2.37. The van der Waals surface area contributed by atoms with E-state index in [0.717, 1.165) is 30.4 Å². The molecule has 0 bridgehead atoms. The molecule has 2 N–H and O–H groups in total. The highest BCUT2D eigenvalue weighted by Gasteiger charge is 2.22. The molecular weight excluding hydrogens is 447 g/mol. The molecule has 1 saturated heterocycles. The van der Waals surface area contributed by atoms with Gasteiger partial charge in [-0.1, -0.05) is 30.3 Å². The number of H-pyrrole nitrogens is 1. The first kappa shape index (κ1) is 22.8. The molecular formula is C23H25FN4O4S. The number of ether oxygens (including phenoxy) is 1. The van der Waals surface area contributed by atoms with E-state index in [-0.39, 0.29) is 22.2 Å². The molecule has 33 heavy (non-hydrogen) atoms. The molecule has 174 valence electrons. The number of benzene rings is 2. The average molecular weight is 473 g/mol. The first-order chi connectivity index (χ1) is 15.8. The molecule has 0 saturated carbocycles. The van der Waals surface area contributed by atoms with Gasteiger partial charge in [-0.25, -0.2) is 12.8 Å². The van der Waals surface area contributed by atoms with Crippen LogP contribution in [0, 0.1) is 5.82 Å². The summed E-state index contributed by atoms with van der Waals surface area (Å²) in [7, 11) is -2.41. The van der Waals surface area contributed by atoms with Crippen LogP contribution in [0.5, 0.6) is 0 Å². The highest BCUT2D eigenvalue weighted by molar-refractivity contribution is 7.92. The van der Waals surface area contributed by atoms with E-state index in [1.54, 1.807) is 7.05 Å². The van der Waals surface area contributed by atoms with E-state index in [9.17, 15) is 17.6 Å². The summed E-state index contributed by atoms with van der Waals surface area (Å²) in [5.41, 5.74) is 1.99. The Hall–Kier alpha value is -3.37. The number of para-hydroxylation sites is 2. The van der Waals surface area contributed by atoms with Gasteiger partial charge < -0.3 is 19.5 Å². The highest BCUT2D eigenvalue weighted by atomic mass is 32.2. The second-order valence-electron chi connectivity index (χ2n) is 7.72. The molecule has 10 heteroatoms. The minimum absolute atomic E-state index is 0.121. The van der Waals surface area contributed by atoms with Crippen molar-refractivity contribution >= 4 is 27.3 Å². The van der Waals surface area contributed by atoms with E-state index < -0.39 is 15.8 Å². The van der Waals surface area contributed by atoms with Gasteiger partial charge in [-0.15, -0.1) is 0 Å². The highest BCUT2D eigenvalue weighted by Crippen LogP contribution is 2.24. The standard InChI is InChI=1S/C23H25FN4O4S/c1-27(16-17-6-2-5-9-22(17)28-10-12-32-13-11-28)23(29)21-14-18(15-25-21)33(30,31)26-20-8-4-3-7-19(20)24/h2-9,14-15,25-26H,10-13,16H2,1H3. The fourth-order valence-electron chi connectivity index (χ4n) is 3.69. The Morgan fingerprint density at radius 1 is 1.15 bits per heavy atom. The third kappa shape index (κ3) is 5.18. The van der Waals surface area contributed by atoms with Crippen molar-refractivity contribution in [2.24, 2.45) is 0 Å². The van der Waals surface area contributed by atoms with Gasteiger partial charge in [0.2, 0.25) is 0 Å². The van der Waals surface area contributed by atoms with E-state index in [4.69, 9.17) is 4.74 Å². The molecule has 2 heterocycles. The number of anilines is 2. The predicted molar refractivity (Wildman–Crippen MR) is 123 cm³/mol. The van der Waals surface area contributed by atoms with Crippen molar-refractivity contribution in [2.75, 3.05) is 43.0 Å². The average Bonchev–Trinajstić information content (AvgIpc) is 3.32. The summed E-state index contributed by atoms with van der Waals surface area (Å²) >= 11 is 0. The molecule has 0 spiro atoms. The molecule has 0 atom stereocenters. The maximum Gasteiger partial charge on any atom is 0.270 e. The number of carbonyl (C=O) groups is 1. The summed E-state index contributed by atoms with van der Waals surface area (Å²) < 4.78 is 46.7. The van der Waals surface area contributed by atoms with Gasteiger partial charge in [-0.2, -0.15) is 0 Å². The third-order valence-corrected chi connectivity index (χ3v) is 6.76. The molecule has 0 aliphatic carbocycles. The van der Waals surface area contributed by atoms with Crippen LogP contribution in [0.4, 0.5) is 15.8 Å². The fourth-order valence-corrected chi connectivity index (χ4v) is 4.75. The largest absolute Gasteiger partial charge is 0.378 e. The van der Waals surface area contributed by atoms with Crippen molar-refractivity contribution < 1.29 is 22.3 Å². The second kappa shape index (κ2) is 9.63. The topological polar surface area (TPSA) is 94.7 Å². The molecule has 1 aliphatic heterocycles. The predicted octanol–water partition coefficient (Wildman–Crippen LogP) is 3.06. The molecule has 8 nitrogen and oxygen atoms in total. The van der Waals surface area contributed by atoms with Gasteiger partial charge in [0.15, 0.2) is 0 Å². The number of nitrogens with zero attached hydrogens (tertiary/aromatic N) is 2. The summed E-state index contributed by atoms with van der Waals surface area (Å²) in [6.45, 7) is 3.22. The third-order valence-electron chi connectivity index (χ3n) is 5.41.